The number of ether oxygens (including phenoxy) is 2. The van der Waals surface area contributed by atoms with Crippen LogP contribution in [0.4, 0.5) is 5.69 Å². The van der Waals surface area contributed by atoms with Crippen LogP contribution in [0, 0.1) is 0 Å². The van der Waals surface area contributed by atoms with Gasteiger partial charge in [-0.2, -0.15) is 4.98 Å². The fourth-order valence-electron chi connectivity index (χ4n) is 2.87. The maximum Gasteiger partial charge on any atom is 0.253 e. The molecule has 0 saturated carbocycles. The zero-order chi connectivity index (χ0) is 23.3. The van der Waals surface area contributed by atoms with E-state index in [-0.39, 0.29) is 18.0 Å². The normalized spacial score (nSPS) is 11.2. The summed E-state index contributed by atoms with van der Waals surface area (Å²) in [5.41, 5.74) is 1.53. The Kier molecular flexibility index (Phi) is 7.25. The standard InChI is InChI=1S/C23H27ClN4O4/c1-6-23(2,3)27-22(29)16-9-7-14(11-18(16)24)25-13-20-26-21(28-32-20)17-10-8-15(30-4)12-19(17)31-5/h7-12,25H,6,13H2,1-5H3,(H,27,29). The monoisotopic (exact) mass is 458 g/mol. The smallest absolute Gasteiger partial charge is 0.253 e. The van der Waals surface area contributed by atoms with E-state index in [9.17, 15) is 4.79 Å². The third-order valence-corrected chi connectivity index (χ3v) is 5.42. The average Bonchev–Trinajstić information content (AvgIpc) is 3.25. The van der Waals surface area contributed by atoms with Gasteiger partial charge in [0.1, 0.15) is 11.5 Å². The Morgan fingerprint density at radius 3 is 2.59 bits per heavy atom. The van der Waals surface area contributed by atoms with Crippen LogP contribution in [-0.2, 0) is 6.54 Å². The van der Waals surface area contributed by atoms with Gasteiger partial charge in [0.05, 0.1) is 36.9 Å². The number of carbonyl (C=O) groups is 1. The van der Waals surface area contributed by atoms with Gasteiger partial charge in [-0.15, -0.1) is 0 Å². The summed E-state index contributed by atoms with van der Waals surface area (Å²) in [5, 5.41) is 10.5. The third kappa shape index (κ3) is 5.50. The second-order valence-electron chi connectivity index (χ2n) is 7.82. The fraction of sp³-hybridized carbons (Fsp3) is 0.348. The minimum atomic E-state index is -0.306. The summed E-state index contributed by atoms with van der Waals surface area (Å²) in [4.78, 5) is 16.9. The van der Waals surface area contributed by atoms with Crippen LogP contribution in [-0.4, -0.2) is 35.8 Å². The van der Waals surface area contributed by atoms with Crippen molar-refractivity contribution in [3.8, 4) is 22.9 Å². The van der Waals surface area contributed by atoms with E-state index in [4.69, 9.17) is 25.6 Å². The van der Waals surface area contributed by atoms with E-state index in [1.807, 2.05) is 26.8 Å². The Bertz CT molecular complexity index is 1100. The van der Waals surface area contributed by atoms with Crippen molar-refractivity contribution in [2.75, 3.05) is 19.5 Å². The van der Waals surface area contributed by atoms with Crippen molar-refractivity contribution in [1.29, 1.82) is 0 Å². The van der Waals surface area contributed by atoms with Crippen LogP contribution in [0.5, 0.6) is 11.5 Å². The quantitative estimate of drug-likeness (QED) is 0.468. The van der Waals surface area contributed by atoms with Crippen molar-refractivity contribution in [3.63, 3.8) is 0 Å². The molecule has 0 fully saturated rings. The predicted octanol–water partition coefficient (Wildman–Crippen LogP) is 4.94. The highest BCUT2D eigenvalue weighted by molar-refractivity contribution is 6.34. The second kappa shape index (κ2) is 9.91. The highest BCUT2D eigenvalue weighted by Gasteiger charge is 2.20. The Hall–Kier alpha value is -3.26. The molecule has 0 aliphatic heterocycles. The first kappa shape index (κ1) is 23.4. The van der Waals surface area contributed by atoms with Crippen LogP contribution in [0.3, 0.4) is 0 Å². The molecule has 1 heterocycles. The largest absolute Gasteiger partial charge is 0.497 e. The van der Waals surface area contributed by atoms with Gasteiger partial charge < -0.3 is 24.6 Å². The first-order valence-corrected chi connectivity index (χ1v) is 10.5. The lowest BCUT2D eigenvalue weighted by molar-refractivity contribution is 0.0911. The summed E-state index contributed by atoms with van der Waals surface area (Å²) >= 11 is 6.34. The number of hydrogen-bond donors (Lipinski definition) is 2. The van der Waals surface area contributed by atoms with Crippen molar-refractivity contribution in [1.82, 2.24) is 15.5 Å². The van der Waals surface area contributed by atoms with E-state index in [0.29, 0.717) is 39.4 Å². The van der Waals surface area contributed by atoms with Crippen LogP contribution in [0.15, 0.2) is 40.9 Å². The zero-order valence-electron chi connectivity index (χ0n) is 18.8. The van der Waals surface area contributed by atoms with Crippen molar-refractivity contribution in [2.45, 2.75) is 39.3 Å². The summed E-state index contributed by atoms with van der Waals surface area (Å²) in [6, 6.07) is 10.5. The Morgan fingerprint density at radius 1 is 1.16 bits per heavy atom. The molecule has 0 unspecified atom stereocenters. The number of aromatic nitrogens is 2. The predicted molar refractivity (Wildman–Crippen MR) is 123 cm³/mol. The summed E-state index contributed by atoms with van der Waals surface area (Å²) in [6.07, 6.45) is 0.810. The first-order chi connectivity index (χ1) is 15.3. The van der Waals surface area contributed by atoms with E-state index in [1.165, 1.54) is 0 Å². The van der Waals surface area contributed by atoms with E-state index in [2.05, 4.69) is 20.8 Å². The van der Waals surface area contributed by atoms with E-state index in [0.717, 1.165) is 12.1 Å². The van der Waals surface area contributed by atoms with Crippen LogP contribution < -0.4 is 20.1 Å². The number of carbonyl (C=O) groups excluding carboxylic acids is 1. The van der Waals surface area contributed by atoms with Crippen LogP contribution in [0.25, 0.3) is 11.4 Å². The van der Waals surface area contributed by atoms with E-state index >= 15 is 0 Å². The number of nitrogens with one attached hydrogen (secondary N) is 2. The number of anilines is 1. The minimum absolute atomic E-state index is 0.205. The van der Waals surface area contributed by atoms with E-state index in [1.54, 1.807) is 44.6 Å². The van der Waals surface area contributed by atoms with Gasteiger partial charge in [-0.3, -0.25) is 4.79 Å². The highest BCUT2D eigenvalue weighted by Crippen LogP contribution is 2.31. The number of benzene rings is 2. The van der Waals surface area contributed by atoms with Crippen LogP contribution in [0.1, 0.15) is 43.4 Å². The summed E-state index contributed by atoms with van der Waals surface area (Å²) in [5.74, 6) is 1.84. The van der Waals surface area contributed by atoms with Gasteiger partial charge in [-0.1, -0.05) is 23.7 Å². The molecule has 2 aromatic carbocycles. The Morgan fingerprint density at radius 2 is 1.94 bits per heavy atom. The van der Waals surface area contributed by atoms with Gasteiger partial charge in [0.25, 0.3) is 5.91 Å². The fourth-order valence-corrected chi connectivity index (χ4v) is 3.14. The molecule has 32 heavy (non-hydrogen) atoms. The number of nitrogens with zero attached hydrogens (tertiary/aromatic N) is 2. The molecule has 3 aromatic rings. The Balaban J connectivity index is 1.68. The lowest BCUT2D eigenvalue weighted by Crippen LogP contribution is -2.42. The molecular formula is C23H27ClN4O4. The van der Waals surface area contributed by atoms with Gasteiger partial charge in [-0.05, 0) is 50.6 Å². The van der Waals surface area contributed by atoms with Gasteiger partial charge >= 0.3 is 0 Å². The molecule has 8 nitrogen and oxygen atoms in total. The topological polar surface area (TPSA) is 98.5 Å². The molecular weight excluding hydrogens is 432 g/mol. The van der Waals surface area contributed by atoms with Crippen molar-refractivity contribution >= 4 is 23.2 Å². The number of hydrogen-bond acceptors (Lipinski definition) is 7. The lowest BCUT2D eigenvalue weighted by atomic mass is 10.0. The zero-order valence-corrected chi connectivity index (χ0v) is 19.5. The molecule has 9 heteroatoms. The maximum atomic E-state index is 12.5. The second-order valence-corrected chi connectivity index (χ2v) is 8.22. The number of rotatable bonds is 9. The molecule has 1 amide bonds. The van der Waals surface area contributed by atoms with Gasteiger partial charge in [0, 0.05) is 17.3 Å². The molecule has 0 saturated heterocycles. The van der Waals surface area contributed by atoms with Gasteiger partial charge in [0.2, 0.25) is 11.7 Å². The molecule has 2 N–H and O–H groups in total. The summed E-state index contributed by atoms with van der Waals surface area (Å²) < 4.78 is 16.0. The first-order valence-electron chi connectivity index (χ1n) is 10.2. The average molecular weight is 459 g/mol. The SMILES string of the molecule is CCC(C)(C)NC(=O)c1ccc(NCc2nc(-c3ccc(OC)cc3OC)no2)cc1Cl. The molecule has 1 aromatic heterocycles. The Labute approximate surface area is 192 Å². The van der Waals surface area contributed by atoms with Crippen molar-refractivity contribution in [2.24, 2.45) is 0 Å². The maximum absolute atomic E-state index is 12.5. The molecule has 0 bridgehead atoms. The van der Waals surface area contributed by atoms with Crippen molar-refractivity contribution in [3.05, 3.63) is 52.9 Å². The minimum Gasteiger partial charge on any atom is -0.497 e. The van der Waals surface area contributed by atoms with Gasteiger partial charge in [0.15, 0.2) is 0 Å². The van der Waals surface area contributed by atoms with Gasteiger partial charge in [-0.25, -0.2) is 0 Å². The molecule has 0 radical (unpaired) electrons. The molecule has 0 atom stereocenters. The number of amides is 1. The van der Waals surface area contributed by atoms with Crippen LogP contribution >= 0.6 is 11.6 Å². The molecule has 0 aliphatic carbocycles. The molecule has 0 spiro atoms. The number of methoxy groups -OCH3 is 2. The summed E-state index contributed by atoms with van der Waals surface area (Å²) in [7, 11) is 3.15. The molecule has 3 rings (SSSR count). The van der Waals surface area contributed by atoms with Crippen LogP contribution in [0.2, 0.25) is 5.02 Å². The molecule has 170 valence electrons. The third-order valence-electron chi connectivity index (χ3n) is 5.11. The summed E-state index contributed by atoms with van der Waals surface area (Å²) in [6.45, 7) is 6.24. The molecule has 0 aliphatic rings. The lowest BCUT2D eigenvalue weighted by Gasteiger charge is -2.24. The van der Waals surface area contributed by atoms with Crippen molar-refractivity contribution < 1.29 is 18.8 Å². The highest BCUT2D eigenvalue weighted by atomic mass is 35.5. The van der Waals surface area contributed by atoms with E-state index < -0.39 is 0 Å². The number of halogens is 1.